The van der Waals surface area contributed by atoms with Crippen LogP contribution < -0.4 is 11.1 Å². The number of urea groups is 1. The van der Waals surface area contributed by atoms with Crippen molar-refractivity contribution in [3.05, 3.63) is 59.2 Å². The number of benzene rings is 2. The second-order valence-electron chi connectivity index (χ2n) is 6.67. The van der Waals surface area contributed by atoms with E-state index >= 15 is 0 Å². The Bertz CT molecular complexity index is 925. The second kappa shape index (κ2) is 9.77. The SMILES string of the molecule is CC(=O)c1cc(N)ccc1F.CC(=O)c1cc(NC(=O)N2CCCC2)ccc1F. The highest BCUT2D eigenvalue weighted by molar-refractivity contribution is 5.97. The van der Waals surface area contributed by atoms with Gasteiger partial charge in [0, 0.05) is 24.5 Å². The predicted molar refractivity (Wildman–Crippen MR) is 107 cm³/mol. The largest absolute Gasteiger partial charge is 0.399 e. The Balaban J connectivity index is 0.000000234. The molecule has 2 aromatic rings. The molecule has 1 fully saturated rings. The first-order valence-electron chi connectivity index (χ1n) is 9.11. The van der Waals surface area contributed by atoms with Crippen molar-refractivity contribution in [1.29, 1.82) is 0 Å². The number of halogens is 2. The predicted octanol–water partition coefficient (Wildman–Crippen LogP) is 4.27. The maximum absolute atomic E-state index is 13.3. The number of hydrogen-bond acceptors (Lipinski definition) is 4. The standard InChI is InChI=1S/C13H15FN2O2.C8H8FNO/c1-9(17)11-8-10(4-5-12(11)14)15-13(18)16-6-2-3-7-16;1-5(11)7-4-6(10)2-3-8(7)9/h4-5,8H,2-3,6-7H2,1H3,(H,15,18);2-4H,10H2,1H3. The smallest absolute Gasteiger partial charge is 0.321 e. The number of nitrogens with zero attached hydrogens (tertiary/aromatic N) is 1. The summed E-state index contributed by atoms with van der Waals surface area (Å²) in [6, 6.07) is 7.75. The minimum atomic E-state index is -0.568. The summed E-state index contributed by atoms with van der Waals surface area (Å²) in [4.78, 5) is 35.4. The number of Topliss-reactive ketones (excluding diaryl/α,β-unsaturated/α-hetero) is 2. The first-order valence-corrected chi connectivity index (χ1v) is 9.11. The van der Waals surface area contributed by atoms with E-state index in [9.17, 15) is 23.2 Å². The zero-order valence-corrected chi connectivity index (χ0v) is 16.3. The van der Waals surface area contributed by atoms with Crippen LogP contribution in [-0.2, 0) is 0 Å². The maximum Gasteiger partial charge on any atom is 0.321 e. The summed E-state index contributed by atoms with van der Waals surface area (Å²) in [6.07, 6.45) is 2.02. The average molecular weight is 403 g/mol. The van der Waals surface area contributed by atoms with E-state index in [0.717, 1.165) is 25.9 Å². The summed E-state index contributed by atoms with van der Waals surface area (Å²) in [7, 11) is 0. The van der Waals surface area contributed by atoms with Crippen molar-refractivity contribution in [3.8, 4) is 0 Å². The van der Waals surface area contributed by atoms with Crippen LogP contribution in [-0.4, -0.2) is 35.6 Å². The third-order valence-corrected chi connectivity index (χ3v) is 4.36. The number of anilines is 2. The van der Waals surface area contributed by atoms with Crippen molar-refractivity contribution in [2.75, 3.05) is 24.1 Å². The maximum atomic E-state index is 13.3. The average Bonchev–Trinajstić information content (AvgIpc) is 3.20. The molecule has 0 aromatic heterocycles. The lowest BCUT2D eigenvalue weighted by molar-refractivity contribution is 0.100. The molecule has 0 radical (unpaired) electrons. The summed E-state index contributed by atoms with van der Waals surface area (Å²) in [5.41, 5.74) is 6.23. The Morgan fingerprint density at radius 1 is 0.897 bits per heavy atom. The van der Waals surface area contributed by atoms with Crippen molar-refractivity contribution in [2.24, 2.45) is 0 Å². The summed E-state index contributed by atoms with van der Waals surface area (Å²) >= 11 is 0. The second-order valence-corrected chi connectivity index (χ2v) is 6.67. The van der Waals surface area contributed by atoms with Crippen molar-refractivity contribution in [2.45, 2.75) is 26.7 Å². The van der Waals surface area contributed by atoms with Gasteiger partial charge >= 0.3 is 6.03 Å². The van der Waals surface area contributed by atoms with Crippen LogP contribution in [0.1, 0.15) is 47.4 Å². The molecule has 3 N–H and O–H groups in total. The first kappa shape index (κ1) is 22.0. The van der Waals surface area contributed by atoms with E-state index in [1.54, 1.807) is 4.90 Å². The van der Waals surface area contributed by atoms with Crippen molar-refractivity contribution in [1.82, 2.24) is 4.90 Å². The molecular weight excluding hydrogens is 380 g/mol. The fourth-order valence-corrected chi connectivity index (χ4v) is 2.81. The molecule has 1 aliphatic rings. The van der Waals surface area contributed by atoms with Gasteiger partial charge in [-0.3, -0.25) is 9.59 Å². The Kier molecular flexibility index (Phi) is 7.41. The molecule has 0 aliphatic carbocycles. The molecule has 0 unspecified atom stereocenters. The van der Waals surface area contributed by atoms with Crippen LogP contribution in [0.4, 0.5) is 25.0 Å². The highest BCUT2D eigenvalue weighted by Gasteiger charge is 2.18. The van der Waals surface area contributed by atoms with E-state index in [1.807, 2.05) is 0 Å². The molecule has 1 heterocycles. The Hall–Kier alpha value is -3.29. The Morgan fingerprint density at radius 2 is 1.41 bits per heavy atom. The molecule has 0 atom stereocenters. The van der Waals surface area contributed by atoms with Crippen molar-refractivity contribution >= 4 is 29.0 Å². The molecule has 1 saturated heterocycles. The minimum Gasteiger partial charge on any atom is -0.399 e. The van der Waals surface area contributed by atoms with Gasteiger partial charge in [0.25, 0.3) is 0 Å². The zero-order chi connectivity index (χ0) is 21.6. The third kappa shape index (κ3) is 6.10. The van der Waals surface area contributed by atoms with Gasteiger partial charge in [0.15, 0.2) is 11.6 Å². The van der Waals surface area contributed by atoms with E-state index in [4.69, 9.17) is 5.73 Å². The molecule has 154 valence electrons. The van der Waals surface area contributed by atoms with Crippen LogP contribution in [0.25, 0.3) is 0 Å². The number of hydrogen-bond donors (Lipinski definition) is 2. The van der Waals surface area contributed by atoms with Gasteiger partial charge in [-0.25, -0.2) is 13.6 Å². The number of likely N-dealkylation sites (tertiary alicyclic amines) is 1. The van der Waals surface area contributed by atoms with Gasteiger partial charge in [-0.05, 0) is 63.1 Å². The van der Waals surface area contributed by atoms with Gasteiger partial charge in [0.2, 0.25) is 0 Å². The van der Waals surface area contributed by atoms with E-state index in [1.165, 1.54) is 50.2 Å². The number of nitrogens with two attached hydrogens (primary N) is 1. The molecule has 8 heteroatoms. The highest BCUT2D eigenvalue weighted by Crippen LogP contribution is 2.17. The van der Waals surface area contributed by atoms with E-state index in [0.29, 0.717) is 11.4 Å². The van der Waals surface area contributed by atoms with E-state index < -0.39 is 11.6 Å². The number of nitrogen functional groups attached to an aromatic ring is 1. The molecule has 3 rings (SSSR count). The third-order valence-electron chi connectivity index (χ3n) is 4.36. The molecule has 1 aliphatic heterocycles. The topological polar surface area (TPSA) is 92.5 Å². The van der Waals surface area contributed by atoms with Crippen LogP contribution >= 0.6 is 0 Å². The van der Waals surface area contributed by atoms with Crippen LogP contribution in [0.2, 0.25) is 0 Å². The van der Waals surface area contributed by atoms with Gasteiger partial charge in [0.05, 0.1) is 11.1 Å². The number of ketones is 2. The normalized spacial score (nSPS) is 12.8. The number of nitrogens with one attached hydrogen (secondary N) is 1. The monoisotopic (exact) mass is 403 g/mol. The van der Waals surface area contributed by atoms with Crippen LogP contribution in [0.5, 0.6) is 0 Å². The van der Waals surface area contributed by atoms with Crippen molar-refractivity contribution < 1.29 is 23.2 Å². The van der Waals surface area contributed by atoms with Gasteiger partial charge in [-0.15, -0.1) is 0 Å². The molecule has 2 aromatic carbocycles. The first-order chi connectivity index (χ1) is 13.7. The van der Waals surface area contributed by atoms with Gasteiger partial charge in [-0.1, -0.05) is 0 Å². The Morgan fingerprint density at radius 3 is 1.93 bits per heavy atom. The molecule has 2 amide bonds. The number of amides is 2. The fourth-order valence-electron chi connectivity index (χ4n) is 2.81. The van der Waals surface area contributed by atoms with Crippen LogP contribution in [0.3, 0.4) is 0 Å². The van der Waals surface area contributed by atoms with E-state index in [-0.39, 0.29) is 28.7 Å². The summed E-state index contributed by atoms with van der Waals surface area (Å²) in [5, 5.41) is 2.67. The number of carbonyl (C=O) groups excluding carboxylic acids is 3. The molecule has 0 bridgehead atoms. The van der Waals surface area contributed by atoms with Crippen molar-refractivity contribution in [3.63, 3.8) is 0 Å². The molecular formula is C21H23F2N3O3. The van der Waals surface area contributed by atoms with Gasteiger partial charge < -0.3 is 16.0 Å². The molecule has 0 saturated carbocycles. The Labute approximate surface area is 167 Å². The fraction of sp³-hybridized carbons (Fsp3) is 0.286. The lowest BCUT2D eigenvalue weighted by Gasteiger charge is -2.16. The summed E-state index contributed by atoms with van der Waals surface area (Å²) in [5.74, 6) is -1.76. The number of carbonyl (C=O) groups is 3. The lowest BCUT2D eigenvalue weighted by atomic mass is 10.1. The highest BCUT2D eigenvalue weighted by atomic mass is 19.1. The minimum absolute atomic E-state index is 0.00535. The lowest BCUT2D eigenvalue weighted by Crippen LogP contribution is -2.32. The zero-order valence-electron chi connectivity index (χ0n) is 16.3. The summed E-state index contributed by atoms with van der Waals surface area (Å²) in [6.45, 7) is 4.08. The summed E-state index contributed by atoms with van der Waals surface area (Å²) < 4.78 is 26.1. The van der Waals surface area contributed by atoms with Crippen LogP contribution in [0.15, 0.2) is 36.4 Å². The molecule has 6 nitrogen and oxygen atoms in total. The molecule has 0 spiro atoms. The quantitative estimate of drug-likeness (QED) is 0.591. The van der Waals surface area contributed by atoms with Crippen LogP contribution in [0, 0.1) is 11.6 Å². The number of rotatable bonds is 3. The molecule has 29 heavy (non-hydrogen) atoms. The van der Waals surface area contributed by atoms with Gasteiger partial charge in [0.1, 0.15) is 11.6 Å². The van der Waals surface area contributed by atoms with E-state index in [2.05, 4.69) is 5.32 Å². The van der Waals surface area contributed by atoms with Gasteiger partial charge in [-0.2, -0.15) is 0 Å².